The largest absolute Gasteiger partial charge is 0.393 e. The van der Waals surface area contributed by atoms with E-state index in [0.29, 0.717) is 33.5 Å². The van der Waals surface area contributed by atoms with Crippen LogP contribution in [-0.4, -0.2) is 17.5 Å². The number of hydrogen-bond donors (Lipinski definition) is 1. The van der Waals surface area contributed by atoms with Gasteiger partial charge >= 0.3 is 0 Å². The summed E-state index contributed by atoms with van der Waals surface area (Å²) in [4.78, 5) is 12.1. The van der Waals surface area contributed by atoms with Gasteiger partial charge in [0.1, 0.15) is 6.29 Å². The van der Waals surface area contributed by atoms with Crippen LogP contribution in [0.2, 0.25) is 0 Å². The maximum absolute atomic E-state index is 12.1. The van der Waals surface area contributed by atoms with Gasteiger partial charge in [0.15, 0.2) is 0 Å². The molecule has 0 amide bonds. The highest BCUT2D eigenvalue weighted by Crippen LogP contribution is 2.78. The van der Waals surface area contributed by atoms with Crippen LogP contribution in [0.5, 0.6) is 0 Å². The highest BCUT2D eigenvalue weighted by atomic mass is 16.3. The van der Waals surface area contributed by atoms with Gasteiger partial charge in [-0.1, -0.05) is 48.5 Å². The Labute approximate surface area is 197 Å². The van der Waals surface area contributed by atoms with Gasteiger partial charge in [-0.05, 0) is 121 Å². The number of aliphatic hydroxyl groups is 1. The molecule has 5 saturated carbocycles. The van der Waals surface area contributed by atoms with E-state index in [0.717, 1.165) is 31.1 Å². The zero-order chi connectivity index (χ0) is 23.4. The van der Waals surface area contributed by atoms with Crippen molar-refractivity contribution in [3.05, 3.63) is 0 Å². The minimum absolute atomic E-state index is 0.112. The van der Waals surface area contributed by atoms with Gasteiger partial charge in [0.25, 0.3) is 0 Å². The average molecular weight is 443 g/mol. The van der Waals surface area contributed by atoms with Crippen molar-refractivity contribution in [2.75, 3.05) is 0 Å². The molecule has 5 aliphatic carbocycles. The van der Waals surface area contributed by atoms with Crippen LogP contribution in [0.25, 0.3) is 0 Å². The zero-order valence-electron chi connectivity index (χ0n) is 22.1. The molecule has 11 unspecified atom stereocenters. The number of fused-ring (bicyclic) bond motifs is 7. The molecule has 182 valence electrons. The number of hydrogen-bond acceptors (Lipinski definition) is 2. The molecule has 1 N–H and O–H groups in total. The Kier molecular flexibility index (Phi) is 5.01. The van der Waals surface area contributed by atoms with E-state index < -0.39 is 0 Å². The molecule has 5 fully saturated rings. The fourth-order valence-electron chi connectivity index (χ4n) is 11.3. The smallest absolute Gasteiger partial charge is 0.125 e. The Balaban J connectivity index is 1.54. The molecule has 5 aliphatic rings. The van der Waals surface area contributed by atoms with Crippen molar-refractivity contribution < 1.29 is 9.90 Å². The topological polar surface area (TPSA) is 37.3 Å². The van der Waals surface area contributed by atoms with Crippen LogP contribution in [0, 0.1) is 56.2 Å². The summed E-state index contributed by atoms with van der Waals surface area (Å²) in [6, 6.07) is 0. The molecule has 0 saturated heterocycles. The third-order valence-corrected chi connectivity index (χ3v) is 14.0. The summed E-state index contributed by atoms with van der Waals surface area (Å²) in [5, 5.41) is 10.7. The molecule has 2 nitrogen and oxygen atoms in total. The van der Waals surface area contributed by atoms with Gasteiger partial charge in [0.2, 0.25) is 0 Å². The first kappa shape index (κ1) is 23.4. The first-order valence-corrected chi connectivity index (χ1v) is 13.9. The third-order valence-electron chi connectivity index (χ3n) is 14.0. The molecule has 0 spiro atoms. The molecular formula is C30H50O2. The molecule has 0 aromatic carbocycles. The van der Waals surface area contributed by atoms with Gasteiger partial charge in [-0.25, -0.2) is 0 Å². The van der Waals surface area contributed by atoms with Gasteiger partial charge in [-0.15, -0.1) is 0 Å². The van der Waals surface area contributed by atoms with Gasteiger partial charge in [0.05, 0.1) is 6.10 Å². The van der Waals surface area contributed by atoms with Gasteiger partial charge < -0.3 is 9.90 Å². The quantitative estimate of drug-likeness (QED) is 0.429. The van der Waals surface area contributed by atoms with Crippen molar-refractivity contribution in [1.29, 1.82) is 0 Å². The molecule has 0 radical (unpaired) electrons. The predicted octanol–water partition coefficient (Wildman–Crippen LogP) is 7.43. The molecule has 2 heteroatoms. The van der Waals surface area contributed by atoms with Crippen LogP contribution >= 0.6 is 0 Å². The lowest BCUT2D eigenvalue weighted by Crippen LogP contribution is -2.68. The summed E-state index contributed by atoms with van der Waals surface area (Å²) < 4.78 is 0. The van der Waals surface area contributed by atoms with E-state index in [9.17, 15) is 9.90 Å². The first-order chi connectivity index (χ1) is 14.8. The second-order valence-electron chi connectivity index (χ2n) is 15.1. The van der Waals surface area contributed by atoms with E-state index in [-0.39, 0.29) is 16.9 Å². The number of carbonyl (C=O) groups is 1. The lowest BCUT2D eigenvalue weighted by atomic mass is 9.30. The van der Waals surface area contributed by atoms with Crippen molar-refractivity contribution in [3.8, 4) is 0 Å². The zero-order valence-corrected chi connectivity index (χ0v) is 22.1. The van der Waals surface area contributed by atoms with E-state index in [1.165, 1.54) is 57.7 Å². The normalized spacial score (nSPS) is 62.2. The van der Waals surface area contributed by atoms with E-state index in [1.807, 2.05) is 0 Å². The number of carbonyl (C=O) groups excluding carboxylic acids is 1. The van der Waals surface area contributed by atoms with Gasteiger partial charge in [-0.2, -0.15) is 0 Å². The maximum atomic E-state index is 12.1. The van der Waals surface area contributed by atoms with E-state index in [1.54, 1.807) is 0 Å². The van der Waals surface area contributed by atoms with Crippen LogP contribution in [-0.2, 0) is 4.79 Å². The van der Waals surface area contributed by atoms with Gasteiger partial charge in [-0.3, -0.25) is 0 Å². The Bertz CT molecular complexity index is 792. The van der Waals surface area contributed by atoms with Crippen molar-refractivity contribution in [3.63, 3.8) is 0 Å². The molecule has 0 bridgehead atoms. The second-order valence-corrected chi connectivity index (χ2v) is 15.1. The van der Waals surface area contributed by atoms with Crippen molar-refractivity contribution >= 4 is 6.29 Å². The third kappa shape index (κ3) is 2.71. The molecule has 11 atom stereocenters. The Morgan fingerprint density at radius 3 is 2.00 bits per heavy atom. The monoisotopic (exact) mass is 442 g/mol. The molecule has 0 heterocycles. The summed E-state index contributed by atoms with van der Waals surface area (Å²) >= 11 is 0. The predicted molar refractivity (Wildman–Crippen MR) is 131 cm³/mol. The average Bonchev–Trinajstić information content (AvgIpc) is 2.75. The van der Waals surface area contributed by atoms with Crippen LogP contribution in [0.4, 0.5) is 0 Å². The van der Waals surface area contributed by atoms with Crippen LogP contribution < -0.4 is 0 Å². The number of aliphatic hydroxyl groups excluding tert-OH is 1. The lowest BCUT2D eigenvalue weighted by Gasteiger charge is -2.75. The number of aldehydes is 1. The minimum Gasteiger partial charge on any atom is -0.393 e. The first-order valence-electron chi connectivity index (χ1n) is 13.9. The fraction of sp³-hybridized carbons (Fsp3) is 0.967. The van der Waals surface area contributed by atoms with E-state index >= 15 is 0 Å². The molecule has 0 aromatic heterocycles. The fourth-order valence-corrected chi connectivity index (χ4v) is 11.3. The van der Waals surface area contributed by atoms with E-state index in [4.69, 9.17) is 0 Å². The van der Waals surface area contributed by atoms with Crippen molar-refractivity contribution in [1.82, 2.24) is 0 Å². The summed E-state index contributed by atoms with van der Waals surface area (Å²) in [7, 11) is 0. The highest BCUT2D eigenvalue weighted by Gasteiger charge is 2.70. The van der Waals surface area contributed by atoms with Crippen LogP contribution in [0.15, 0.2) is 0 Å². The molecule has 32 heavy (non-hydrogen) atoms. The highest BCUT2D eigenvalue weighted by molar-refractivity contribution is 5.59. The maximum Gasteiger partial charge on any atom is 0.125 e. The van der Waals surface area contributed by atoms with Crippen molar-refractivity contribution in [2.45, 2.75) is 125 Å². The van der Waals surface area contributed by atoms with Crippen LogP contribution in [0.3, 0.4) is 0 Å². The summed E-state index contributed by atoms with van der Waals surface area (Å²) in [5.41, 5.74) is 1.68. The molecule has 0 aliphatic heterocycles. The van der Waals surface area contributed by atoms with Crippen LogP contribution in [0.1, 0.15) is 119 Å². The summed E-state index contributed by atoms with van der Waals surface area (Å²) in [6.07, 6.45) is 14.8. The Morgan fingerprint density at radius 1 is 0.688 bits per heavy atom. The molecule has 0 aromatic rings. The number of rotatable bonds is 1. The summed E-state index contributed by atoms with van der Waals surface area (Å²) in [6.45, 7) is 17.7. The molecule has 5 rings (SSSR count). The lowest BCUT2D eigenvalue weighted by molar-refractivity contribution is -0.262. The molecular weight excluding hydrogens is 392 g/mol. The summed E-state index contributed by atoms with van der Waals surface area (Å²) in [5.74, 6) is 2.61. The van der Waals surface area contributed by atoms with Gasteiger partial charge in [0, 0.05) is 5.41 Å². The minimum atomic E-state index is -0.119. The Morgan fingerprint density at radius 2 is 1.31 bits per heavy atom. The SMILES string of the molecule is CC1C(O)CCC2C1(C)CCC1C2(C)CCC2(C)C3CC(C)(C=O)CCC3(C)CCC12C. The Hall–Kier alpha value is -0.370. The van der Waals surface area contributed by atoms with Crippen molar-refractivity contribution in [2.24, 2.45) is 56.2 Å². The second kappa shape index (κ2) is 6.86. The standard InChI is InChI=1S/C30H50O2/c1-20-21(32)8-9-22-27(20,4)11-10-23-28(22,5)15-17-30(7)24-18-25(2,19-31)12-13-26(24,3)14-16-29(23,30)6/h19-24,32H,8-18H2,1-7H3. The van der Waals surface area contributed by atoms with E-state index in [2.05, 4.69) is 48.5 Å².